The number of carbonyl (C=O) groups excluding carboxylic acids is 1. The Morgan fingerprint density at radius 1 is 1.11 bits per heavy atom. The predicted octanol–water partition coefficient (Wildman–Crippen LogP) is 2.47. The maximum atomic E-state index is 11.9. The fourth-order valence-corrected chi connectivity index (χ4v) is 1.68. The van der Waals surface area contributed by atoms with Crippen LogP contribution < -0.4 is 0 Å². The average molecular weight is 244 g/mol. The van der Waals surface area contributed by atoms with Crippen molar-refractivity contribution in [3.05, 3.63) is 48.0 Å². The predicted molar refractivity (Wildman–Crippen MR) is 66.5 cm³/mol. The first kappa shape index (κ1) is 12.1. The summed E-state index contributed by atoms with van der Waals surface area (Å²) in [6, 6.07) is 12.6. The lowest BCUT2D eigenvalue weighted by Crippen LogP contribution is -2.23. The Balaban J connectivity index is 2.36. The molecule has 1 N–H and O–H groups in total. The number of rotatable bonds is 3. The molecule has 0 amide bonds. The molecule has 0 saturated heterocycles. The van der Waals surface area contributed by atoms with Gasteiger partial charge in [-0.3, -0.25) is 0 Å². The summed E-state index contributed by atoms with van der Waals surface area (Å²) in [5, 5.41) is 10.4. The van der Waals surface area contributed by atoms with E-state index >= 15 is 0 Å². The van der Waals surface area contributed by atoms with E-state index in [2.05, 4.69) is 0 Å². The fraction of sp³-hybridized carbons (Fsp3) is 0.143. The van der Waals surface area contributed by atoms with Crippen molar-refractivity contribution in [3.63, 3.8) is 0 Å². The average Bonchev–Trinajstić information content (AvgIpc) is 2.37. The van der Waals surface area contributed by atoms with Gasteiger partial charge in [0.05, 0.1) is 5.56 Å². The lowest BCUT2D eigenvalue weighted by molar-refractivity contribution is -0.146. The highest BCUT2D eigenvalue weighted by atomic mass is 16.6. The third-order valence-electron chi connectivity index (χ3n) is 2.64. The standard InChI is InChI=1S/C14H12O4/c1-9(13(15)16)18-14(17)12-8-4-6-10-5-2-3-7-11(10)12/h2-9H,1H3,(H,15,16)/t9-/m0/s1. The molecular formula is C14H12O4. The van der Waals surface area contributed by atoms with Gasteiger partial charge in [0.25, 0.3) is 0 Å². The van der Waals surface area contributed by atoms with Crippen LogP contribution >= 0.6 is 0 Å². The minimum atomic E-state index is -1.16. The molecule has 0 aliphatic rings. The van der Waals surface area contributed by atoms with Crippen molar-refractivity contribution in [2.75, 3.05) is 0 Å². The maximum absolute atomic E-state index is 11.9. The molecule has 0 saturated carbocycles. The first-order valence-corrected chi connectivity index (χ1v) is 5.51. The second-order valence-corrected chi connectivity index (χ2v) is 3.91. The number of aliphatic carboxylic acids is 1. The van der Waals surface area contributed by atoms with Crippen LogP contribution in [0, 0.1) is 0 Å². The highest BCUT2D eigenvalue weighted by Crippen LogP contribution is 2.19. The normalized spacial score (nSPS) is 12.1. The third-order valence-corrected chi connectivity index (χ3v) is 2.64. The summed E-state index contributed by atoms with van der Waals surface area (Å²) >= 11 is 0. The molecule has 0 unspecified atom stereocenters. The van der Waals surface area contributed by atoms with Gasteiger partial charge in [-0.25, -0.2) is 9.59 Å². The number of hydrogen-bond donors (Lipinski definition) is 1. The molecule has 2 rings (SSSR count). The SMILES string of the molecule is C[C@H](OC(=O)c1cccc2ccccc12)C(=O)O. The largest absolute Gasteiger partial charge is 0.479 e. The molecule has 0 heterocycles. The summed E-state index contributed by atoms with van der Waals surface area (Å²) in [5.41, 5.74) is 0.376. The Labute approximate surface area is 104 Å². The molecule has 2 aromatic carbocycles. The number of carbonyl (C=O) groups is 2. The molecule has 0 fully saturated rings. The topological polar surface area (TPSA) is 63.6 Å². The van der Waals surface area contributed by atoms with Crippen LogP contribution in [0.1, 0.15) is 17.3 Å². The Bertz CT molecular complexity index is 598. The third kappa shape index (κ3) is 2.32. The van der Waals surface area contributed by atoms with E-state index in [0.717, 1.165) is 10.8 Å². The van der Waals surface area contributed by atoms with Gasteiger partial charge in [0.2, 0.25) is 0 Å². The molecule has 0 spiro atoms. The van der Waals surface area contributed by atoms with Gasteiger partial charge in [0.15, 0.2) is 6.10 Å². The van der Waals surface area contributed by atoms with Crippen LogP contribution in [0.2, 0.25) is 0 Å². The van der Waals surface area contributed by atoms with Gasteiger partial charge < -0.3 is 9.84 Å². The lowest BCUT2D eigenvalue weighted by atomic mass is 10.0. The van der Waals surface area contributed by atoms with Crippen molar-refractivity contribution in [2.45, 2.75) is 13.0 Å². The molecule has 0 aromatic heterocycles. The Kier molecular flexibility index (Phi) is 3.28. The molecule has 4 heteroatoms. The van der Waals surface area contributed by atoms with Gasteiger partial charge >= 0.3 is 11.9 Å². The number of esters is 1. The van der Waals surface area contributed by atoms with Crippen LogP contribution in [0.3, 0.4) is 0 Å². The molecule has 0 aliphatic heterocycles. The monoisotopic (exact) mass is 244 g/mol. The maximum Gasteiger partial charge on any atom is 0.344 e. The minimum absolute atomic E-state index is 0.376. The Morgan fingerprint density at radius 3 is 2.50 bits per heavy atom. The highest BCUT2D eigenvalue weighted by molar-refractivity contribution is 6.04. The van der Waals surface area contributed by atoms with Crippen molar-refractivity contribution in [3.8, 4) is 0 Å². The van der Waals surface area contributed by atoms with E-state index in [-0.39, 0.29) is 0 Å². The second-order valence-electron chi connectivity index (χ2n) is 3.91. The summed E-state index contributed by atoms with van der Waals surface area (Å²) in [7, 11) is 0. The van der Waals surface area contributed by atoms with Crippen molar-refractivity contribution >= 4 is 22.7 Å². The van der Waals surface area contributed by atoms with Crippen molar-refractivity contribution < 1.29 is 19.4 Å². The Morgan fingerprint density at radius 2 is 1.78 bits per heavy atom. The van der Waals surface area contributed by atoms with Crippen LogP contribution in [-0.2, 0) is 9.53 Å². The van der Waals surface area contributed by atoms with E-state index in [1.165, 1.54) is 6.92 Å². The van der Waals surface area contributed by atoms with Crippen LogP contribution in [0.4, 0.5) is 0 Å². The van der Waals surface area contributed by atoms with Crippen molar-refractivity contribution in [2.24, 2.45) is 0 Å². The molecule has 4 nitrogen and oxygen atoms in total. The number of hydrogen-bond acceptors (Lipinski definition) is 3. The number of ether oxygens (including phenoxy) is 1. The molecule has 0 aliphatic carbocycles. The zero-order valence-electron chi connectivity index (χ0n) is 9.79. The molecule has 1 atom stereocenters. The quantitative estimate of drug-likeness (QED) is 0.842. The van der Waals surface area contributed by atoms with Crippen LogP contribution in [0.5, 0.6) is 0 Å². The van der Waals surface area contributed by atoms with E-state index in [4.69, 9.17) is 9.84 Å². The van der Waals surface area contributed by atoms with Gasteiger partial charge in [-0.05, 0) is 23.8 Å². The summed E-state index contributed by atoms with van der Waals surface area (Å²) in [4.78, 5) is 22.5. The summed E-state index contributed by atoms with van der Waals surface area (Å²) in [5.74, 6) is -1.79. The van der Waals surface area contributed by atoms with E-state index in [0.29, 0.717) is 5.56 Å². The summed E-state index contributed by atoms with van der Waals surface area (Å²) in [6.45, 7) is 1.32. The van der Waals surface area contributed by atoms with Gasteiger partial charge in [-0.15, -0.1) is 0 Å². The Hall–Kier alpha value is -2.36. The molecule has 92 valence electrons. The van der Waals surface area contributed by atoms with Crippen LogP contribution in [-0.4, -0.2) is 23.1 Å². The fourth-order valence-electron chi connectivity index (χ4n) is 1.68. The number of benzene rings is 2. The summed E-state index contributed by atoms with van der Waals surface area (Å²) in [6.07, 6.45) is -1.16. The molecule has 18 heavy (non-hydrogen) atoms. The number of carboxylic acid groups (broad SMARTS) is 1. The molecule has 0 radical (unpaired) electrons. The van der Waals surface area contributed by atoms with Crippen molar-refractivity contribution in [1.82, 2.24) is 0 Å². The van der Waals surface area contributed by atoms with E-state index < -0.39 is 18.0 Å². The number of fused-ring (bicyclic) bond motifs is 1. The molecule has 2 aromatic rings. The number of carboxylic acids is 1. The zero-order chi connectivity index (χ0) is 13.1. The molecular weight excluding hydrogens is 232 g/mol. The van der Waals surface area contributed by atoms with Gasteiger partial charge in [-0.1, -0.05) is 36.4 Å². The smallest absolute Gasteiger partial charge is 0.344 e. The van der Waals surface area contributed by atoms with Gasteiger partial charge in [0.1, 0.15) is 0 Å². The first-order valence-electron chi connectivity index (χ1n) is 5.51. The van der Waals surface area contributed by atoms with Gasteiger partial charge in [-0.2, -0.15) is 0 Å². The van der Waals surface area contributed by atoms with E-state index in [1.807, 2.05) is 24.3 Å². The summed E-state index contributed by atoms with van der Waals surface area (Å²) < 4.78 is 4.87. The van der Waals surface area contributed by atoms with Crippen LogP contribution in [0.15, 0.2) is 42.5 Å². The second kappa shape index (κ2) is 4.87. The van der Waals surface area contributed by atoms with E-state index in [1.54, 1.807) is 18.2 Å². The highest BCUT2D eigenvalue weighted by Gasteiger charge is 2.18. The molecule has 0 bridgehead atoms. The minimum Gasteiger partial charge on any atom is -0.479 e. The lowest BCUT2D eigenvalue weighted by Gasteiger charge is -2.10. The van der Waals surface area contributed by atoms with Crippen LogP contribution in [0.25, 0.3) is 10.8 Å². The van der Waals surface area contributed by atoms with Gasteiger partial charge in [0, 0.05) is 0 Å². The van der Waals surface area contributed by atoms with Crippen molar-refractivity contribution in [1.29, 1.82) is 0 Å². The van der Waals surface area contributed by atoms with E-state index in [9.17, 15) is 9.59 Å². The zero-order valence-corrected chi connectivity index (χ0v) is 9.79. The first-order chi connectivity index (χ1) is 8.59.